The molecule has 0 bridgehead atoms. The van der Waals surface area contributed by atoms with Gasteiger partial charge >= 0.3 is 0 Å². The van der Waals surface area contributed by atoms with Gasteiger partial charge in [0.15, 0.2) is 0 Å². The molecule has 0 spiro atoms. The van der Waals surface area contributed by atoms with Gasteiger partial charge in [-0.3, -0.25) is 14.5 Å². The molecule has 6 heteroatoms. The minimum absolute atomic E-state index is 0.0219. The Balaban J connectivity index is 3.93. The van der Waals surface area contributed by atoms with Gasteiger partial charge < -0.3 is 16.3 Å². The van der Waals surface area contributed by atoms with Crippen LogP contribution in [0.25, 0.3) is 0 Å². The molecule has 0 aliphatic heterocycles. The molecule has 12 heavy (non-hydrogen) atoms. The molecule has 6 nitrogen and oxygen atoms in total. The van der Waals surface area contributed by atoms with Crippen LogP contribution in [0.2, 0.25) is 0 Å². The van der Waals surface area contributed by atoms with Crippen LogP contribution in [0.5, 0.6) is 0 Å². The topological polar surface area (TPSA) is 106 Å². The molecule has 0 unspecified atom stereocenters. The van der Waals surface area contributed by atoms with Gasteiger partial charge in [-0.25, -0.2) is 0 Å². The minimum Gasteiger partial charge on any atom is -0.369 e. The Morgan fingerprint density at radius 2 is 1.58 bits per heavy atom. The Kier molecular flexibility index (Phi) is 4.62. The van der Waals surface area contributed by atoms with Crippen LogP contribution in [0, 0.1) is 0 Å². The smallest absolute Gasteiger partial charge is 0.231 e. The summed E-state index contributed by atoms with van der Waals surface area (Å²) in [7, 11) is 0. The second-order valence-corrected chi connectivity index (χ2v) is 2.27. The minimum atomic E-state index is -0.599. The Bertz CT molecular complexity index is 176. The molecule has 0 fully saturated rings. The first kappa shape index (κ1) is 10.6. The number of nitrogens with two attached hydrogens (primary N) is 2. The van der Waals surface area contributed by atoms with Crippen molar-refractivity contribution in [1.29, 1.82) is 0 Å². The number of carbonyl (C=O) groups is 3. The third-order valence-electron chi connectivity index (χ3n) is 1.09. The van der Waals surface area contributed by atoms with E-state index in [0.717, 1.165) is 0 Å². The molecular weight excluding hydrogens is 162 g/mol. The lowest BCUT2D eigenvalue weighted by Gasteiger charge is -2.14. The lowest BCUT2D eigenvalue weighted by atomic mass is 10.4. The van der Waals surface area contributed by atoms with Gasteiger partial charge in [0.05, 0.1) is 19.6 Å². The van der Waals surface area contributed by atoms with Gasteiger partial charge in [-0.15, -0.1) is 0 Å². The molecule has 0 aromatic heterocycles. The predicted molar refractivity (Wildman–Crippen MR) is 40.9 cm³/mol. The third kappa shape index (κ3) is 5.36. The van der Waals surface area contributed by atoms with E-state index in [0.29, 0.717) is 6.29 Å². The van der Waals surface area contributed by atoms with Crippen molar-refractivity contribution >= 4 is 18.1 Å². The van der Waals surface area contributed by atoms with Crippen LogP contribution in [0.3, 0.4) is 0 Å². The van der Waals surface area contributed by atoms with Crippen molar-refractivity contribution in [2.45, 2.75) is 0 Å². The summed E-state index contributed by atoms with van der Waals surface area (Å²) in [6, 6.07) is 0. The van der Waals surface area contributed by atoms with E-state index >= 15 is 0 Å². The first-order valence-corrected chi connectivity index (χ1v) is 3.29. The van der Waals surface area contributed by atoms with Crippen molar-refractivity contribution in [2.24, 2.45) is 11.5 Å². The number of primary amides is 2. The second-order valence-electron chi connectivity index (χ2n) is 2.27. The molecular formula is C6H11N3O3. The third-order valence-corrected chi connectivity index (χ3v) is 1.09. The standard InChI is InChI=1S/C6H11N3O3/c7-5(11)3-9(1-2-10)4-6(8)12/h2H,1,3-4H2,(H2,7,11)(H2,8,12). The summed E-state index contributed by atoms with van der Waals surface area (Å²) >= 11 is 0. The second kappa shape index (κ2) is 5.25. The van der Waals surface area contributed by atoms with Crippen molar-refractivity contribution in [3.8, 4) is 0 Å². The first-order valence-electron chi connectivity index (χ1n) is 3.29. The molecule has 4 N–H and O–H groups in total. The lowest BCUT2D eigenvalue weighted by molar-refractivity contribution is -0.122. The maximum absolute atomic E-state index is 10.4. The van der Waals surface area contributed by atoms with E-state index in [1.807, 2.05) is 0 Å². The van der Waals surface area contributed by atoms with E-state index in [1.54, 1.807) is 0 Å². The molecule has 0 aromatic carbocycles. The summed E-state index contributed by atoms with van der Waals surface area (Å²) in [5.74, 6) is -1.20. The maximum atomic E-state index is 10.4. The van der Waals surface area contributed by atoms with Crippen LogP contribution in [0.15, 0.2) is 0 Å². The summed E-state index contributed by atoms with van der Waals surface area (Å²) in [6.07, 6.45) is 0.575. The van der Waals surface area contributed by atoms with Gasteiger partial charge in [0.25, 0.3) is 0 Å². The molecule has 0 aromatic rings. The highest BCUT2D eigenvalue weighted by Crippen LogP contribution is 1.83. The molecule has 0 rings (SSSR count). The highest BCUT2D eigenvalue weighted by Gasteiger charge is 2.09. The van der Waals surface area contributed by atoms with Crippen LogP contribution >= 0.6 is 0 Å². The van der Waals surface area contributed by atoms with Gasteiger partial charge in [0, 0.05) is 0 Å². The van der Waals surface area contributed by atoms with Crippen LogP contribution in [-0.4, -0.2) is 42.6 Å². The fourth-order valence-electron chi connectivity index (χ4n) is 0.731. The first-order chi connectivity index (χ1) is 5.56. The Morgan fingerprint density at radius 3 is 1.83 bits per heavy atom. The predicted octanol–water partition coefficient (Wildman–Crippen LogP) is -2.54. The Labute approximate surface area is 69.5 Å². The van der Waals surface area contributed by atoms with Crippen LogP contribution in [0.1, 0.15) is 0 Å². The zero-order valence-electron chi connectivity index (χ0n) is 6.53. The quantitative estimate of drug-likeness (QED) is 0.431. The van der Waals surface area contributed by atoms with Gasteiger partial charge in [0.2, 0.25) is 11.8 Å². The molecule has 0 radical (unpaired) electrons. The van der Waals surface area contributed by atoms with E-state index in [4.69, 9.17) is 11.5 Å². The maximum Gasteiger partial charge on any atom is 0.231 e. The largest absolute Gasteiger partial charge is 0.369 e. The van der Waals surface area contributed by atoms with Crippen molar-refractivity contribution in [2.75, 3.05) is 19.6 Å². The zero-order valence-corrected chi connectivity index (χ0v) is 6.53. The number of nitrogens with zero attached hydrogens (tertiary/aromatic N) is 1. The van der Waals surface area contributed by atoms with Gasteiger partial charge in [-0.1, -0.05) is 0 Å². The lowest BCUT2D eigenvalue weighted by Crippen LogP contribution is -2.40. The molecule has 0 aliphatic carbocycles. The molecule has 2 amide bonds. The molecule has 0 heterocycles. The molecule has 0 saturated carbocycles. The number of amides is 2. The van der Waals surface area contributed by atoms with E-state index in [9.17, 15) is 14.4 Å². The SMILES string of the molecule is NC(=O)CN(CC=O)CC(N)=O. The summed E-state index contributed by atoms with van der Waals surface area (Å²) in [6.45, 7) is -0.296. The van der Waals surface area contributed by atoms with Crippen molar-refractivity contribution in [3.05, 3.63) is 0 Å². The number of aldehydes is 1. The monoisotopic (exact) mass is 173 g/mol. The molecule has 0 aliphatic rings. The average molecular weight is 173 g/mol. The average Bonchev–Trinajstić information content (AvgIpc) is 1.84. The number of carbonyl (C=O) groups excluding carboxylic acids is 3. The number of rotatable bonds is 6. The van der Waals surface area contributed by atoms with Gasteiger partial charge in [-0.05, 0) is 0 Å². The van der Waals surface area contributed by atoms with Crippen LogP contribution in [-0.2, 0) is 14.4 Å². The fourth-order valence-corrected chi connectivity index (χ4v) is 0.731. The fraction of sp³-hybridized carbons (Fsp3) is 0.500. The zero-order chi connectivity index (χ0) is 9.56. The van der Waals surface area contributed by atoms with E-state index in [2.05, 4.69) is 0 Å². The van der Waals surface area contributed by atoms with Gasteiger partial charge in [0.1, 0.15) is 6.29 Å². The van der Waals surface area contributed by atoms with Crippen LogP contribution in [0.4, 0.5) is 0 Å². The van der Waals surface area contributed by atoms with Gasteiger partial charge in [-0.2, -0.15) is 0 Å². The summed E-state index contributed by atoms with van der Waals surface area (Å²) < 4.78 is 0. The molecule has 68 valence electrons. The van der Waals surface area contributed by atoms with Crippen molar-refractivity contribution in [3.63, 3.8) is 0 Å². The number of hydrogen-bond donors (Lipinski definition) is 2. The Hall–Kier alpha value is -1.43. The van der Waals surface area contributed by atoms with E-state index in [1.165, 1.54) is 4.90 Å². The van der Waals surface area contributed by atoms with E-state index in [-0.39, 0.29) is 19.6 Å². The summed E-state index contributed by atoms with van der Waals surface area (Å²) in [5, 5.41) is 0. The number of hydrogen-bond acceptors (Lipinski definition) is 4. The van der Waals surface area contributed by atoms with Crippen molar-refractivity contribution in [1.82, 2.24) is 4.90 Å². The molecule has 0 saturated heterocycles. The normalized spacial score (nSPS) is 9.75. The highest BCUT2D eigenvalue weighted by atomic mass is 16.2. The van der Waals surface area contributed by atoms with E-state index < -0.39 is 11.8 Å². The summed E-state index contributed by atoms with van der Waals surface area (Å²) in [4.78, 5) is 32.1. The highest BCUT2D eigenvalue weighted by molar-refractivity contribution is 5.79. The molecule has 0 atom stereocenters. The van der Waals surface area contributed by atoms with Crippen LogP contribution < -0.4 is 11.5 Å². The Morgan fingerprint density at radius 1 is 1.17 bits per heavy atom. The summed E-state index contributed by atoms with van der Waals surface area (Å²) in [5.41, 5.74) is 9.70. The van der Waals surface area contributed by atoms with Crippen molar-refractivity contribution < 1.29 is 14.4 Å².